The third kappa shape index (κ3) is 2.96. The Morgan fingerprint density at radius 3 is 2.50 bits per heavy atom. The van der Waals surface area contributed by atoms with Gasteiger partial charge in [0.15, 0.2) is 0 Å². The van der Waals surface area contributed by atoms with Crippen LogP contribution in [0.4, 0.5) is 0 Å². The van der Waals surface area contributed by atoms with Crippen LogP contribution in [0.2, 0.25) is 0 Å². The van der Waals surface area contributed by atoms with E-state index in [1.54, 1.807) is 0 Å². The highest BCUT2D eigenvalue weighted by Gasteiger charge is 2.05. The number of rotatable bonds is 1. The molecule has 5 nitrogen and oxygen atoms in total. The van der Waals surface area contributed by atoms with E-state index in [-0.39, 0.29) is 6.15 Å². The minimum Gasteiger partial charge on any atom is -0.338 e. The highest BCUT2D eigenvalue weighted by Crippen LogP contribution is 2.20. The average molecular weight is 267 g/mol. The van der Waals surface area contributed by atoms with Gasteiger partial charge in [0.1, 0.15) is 5.82 Å². The van der Waals surface area contributed by atoms with E-state index in [9.17, 15) is 0 Å². The number of carbonyl (C=O) groups excluding carboxylic acids is 2. The molecule has 3 aromatic rings. The maximum Gasteiger partial charge on any atom is 0.373 e. The van der Waals surface area contributed by atoms with Gasteiger partial charge in [-0.2, -0.15) is 9.59 Å². The van der Waals surface area contributed by atoms with E-state index in [0.29, 0.717) is 0 Å². The minimum atomic E-state index is 0.250. The summed E-state index contributed by atoms with van der Waals surface area (Å²) >= 11 is 0. The molecular weight excluding hydrogens is 254 g/mol. The first kappa shape index (κ1) is 13.6. The molecule has 0 saturated heterocycles. The molecule has 3 rings (SSSR count). The second-order valence-corrected chi connectivity index (χ2v) is 4.38. The SMILES string of the molecule is Cc1ccc2nc(-c3ccc(C)nc3)[nH]c2c1.O=C=O. The topological polar surface area (TPSA) is 75.7 Å². The molecule has 1 N–H and O–H groups in total. The van der Waals surface area contributed by atoms with Gasteiger partial charge in [-0.3, -0.25) is 4.98 Å². The Labute approximate surface area is 115 Å². The Kier molecular flexibility index (Phi) is 4.03. The Morgan fingerprint density at radius 1 is 1.10 bits per heavy atom. The number of imidazole rings is 1. The molecule has 0 bridgehead atoms. The van der Waals surface area contributed by atoms with Crippen LogP contribution in [0.3, 0.4) is 0 Å². The van der Waals surface area contributed by atoms with Gasteiger partial charge in [0.2, 0.25) is 0 Å². The molecule has 0 atom stereocenters. The minimum absolute atomic E-state index is 0.250. The lowest BCUT2D eigenvalue weighted by Gasteiger charge is -1.95. The molecule has 0 radical (unpaired) electrons. The van der Waals surface area contributed by atoms with Crippen molar-refractivity contribution in [3.8, 4) is 11.4 Å². The van der Waals surface area contributed by atoms with Crippen LogP contribution in [0.25, 0.3) is 22.4 Å². The fourth-order valence-electron chi connectivity index (χ4n) is 1.87. The van der Waals surface area contributed by atoms with Crippen LogP contribution in [0.1, 0.15) is 11.3 Å². The molecule has 0 amide bonds. The number of aromatic nitrogens is 3. The van der Waals surface area contributed by atoms with Crippen molar-refractivity contribution >= 4 is 17.2 Å². The average Bonchev–Trinajstić information content (AvgIpc) is 2.83. The number of H-pyrrole nitrogens is 1. The van der Waals surface area contributed by atoms with Crippen molar-refractivity contribution in [1.29, 1.82) is 0 Å². The van der Waals surface area contributed by atoms with Gasteiger partial charge in [0, 0.05) is 17.5 Å². The Morgan fingerprint density at radius 2 is 1.85 bits per heavy atom. The van der Waals surface area contributed by atoms with Gasteiger partial charge in [0.25, 0.3) is 0 Å². The lowest BCUT2D eigenvalue weighted by Crippen LogP contribution is -1.84. The van der Waals surface area contributed by atoms with E-state index in [2.05, 4.69) is 34.0 Å². The van der Waals surface area contributed by atoms with E-state index in [1.165, 1.54) is 5.56 Å². The fourth-order valence-corrected chi connectivity index (χ4v) is 1.87. The molecule has 0 spiro atoms. The van der Waals surface area contributed by atoms with Crippen LogP contribution in [0.5, 0.6) is 0 Å². The maximum absolute atomic E-state index is 8.12. The van der Waals surface area contributed by atoms with Gasteiger partial charge in [-0.1, -0.05) is 6.07 Å². The van der Waals surface area contributed by atoms with Crippen LogP contribution in [0, 0.1) is 13.8 Å². The highest BCUT2D eigenvalue weighted by atomic mass is 16.2. The lowest BCUT2D eigenvalue weighted by atomic mass is 10.2. The summed E-state index contributed by atoms with van der Waals surface area (Å²) < 4.78 is 0. The monoisotopic (exact) mass is 267 g/mol. The van der Waals surface area contributed by atoms with Crippen molar-refractivity contribution in [1.82, 2.24) is 15.0 Å². The van der Waals surface area contributed by atoms with Crippen molar-refractivity contribution in [2.75, 3.05) is 0 Å². The first-order chi connectivity index (χ1) is 9.63. The van der Waals surface area contributed by atoms with Gasteiger partial charge in [-0.15, -0.1) is 0 Å². The fraction of sp³-hybridized carbons (Fsp3) is 0.133. The van der Waals surface area contributed by atoms with Crippen molar-refractivity contribution in [2.24, 2.45) is 0 Å². The van der Waals surface area contributed by atoms with Crippen LogP contribution >= 0.6 is 0 Å². The third-order valence-electron chi connectivity index (χ3n) is 2.82. The maximum atomic E-state index is 8.12. The molecule has 0 unspecified atom stereocenters. The summed E-state index contributed by atoms with van der Waals surface area (Å²) in [6, 6.07) is 10.2. The summed E-state index contributed by atoms with van der Waals surface area (Å²) in [6.45, 7) is 4.05. The van der Waals surface area contributed by atoms with Crippen LogP contribution in [0.15, 0.2) is 36.5 Å². The molecule has 100 valence electrons. The number of aromatic amines is 1. The van der Waals surface area contributed by atoms with Crippen LogP contribution < -0.4 is 0 Å². The number of nitrogens with one attached hydrogen (secondary N) is 1. The van der Waals surface area contributed by atoms with Crippen molar-refractivity contribution in [2.45, 2.75) is 13.8 Å². The number of hydrogen-bond acceptors (Lipinski definition) is 4. The number of benzene rings is 1. The smallest absolute Gasteiger partial charge is 0.338 e. The van der Waals surface area contributed by atoms with Crippen molar-refractivity contribution in [3.63, 3.8) is 0 Å². The lowest BCUT2D eigenvalue weighted by molar-refractivity contribution is -0.191. The highest BCUT2D eigenvalue weighted by molar-refractivity contribution is 5.79. The van der Waals surface area contributed by atoms with Gasteiger partial charge in [0.05, 0.1) is 11.0 Å². The summed E-state index contributed by atoms with van der Waals surface area (Å²) in [5.74, 6) is 0.873. The standard InChI is InChI=1S/C14H13N3.CO2/c1-9-3-6-12-13(7-9)17-14(16-12)11-5-4-10(2)15-8-11;2-1-3/h3-8H,1-2H3,(H,16,17);. The van der Waals surface area contributed by atoms with E-state index in [1.807, 2.05) is 31.3 Å². The van der Waals surface area contributed by atoms with Gasteiger partial charge in [-0.05, 0) is 43.7 Å². The Balaban J connectivity index is 0.000000452. The van der Waals surface area contributed by atoms with E-state index < -0.39 is 0 Å². The number of pyridine rings is 1. The zero-order valence-electron chi connectivity index (χ0n) is 11.2. The zero-order chi connectivity index (χ0) is 14.5. The predicted molar refractivity (Wildman–Crippen MR) is 73.8 cm³/mol. The molecular formula is C15H13N3O2. The number of hydrogen-bond donors (Lipinski definition) is 1. The third-order valence-corrected chi connectivity index (χ3v) is 2.82. The molecule has 5 heteroatoms. The van der Waals surface area contributed by atoms with Gasteiger partial charge >= 0.3 is 6.15 Å². The molecule has 0 fully saturated rings. The summed E-state index contributed by atoms with van der Waals surface area (Å²) in [4.78, 5) is 28.4. The number of aryl methyl sites for hydroxylation is 2. The Hall–Kier alpha value is -2.78. The Bertz CT molecular complexity index is 754. The molecule has 2 aromatic heterocycles. The second kappa shape index (κ2) is 5.91. The van der Waals surface area contributed by atoms with Gasteiger partial charge in [-0.25, -0.2) is 4.98 Å². The summed E-state index contributed by atoms with van der Waals surface area (Å²) in [5.41, 5.74) is 5.33. The van der Waals surface area contributed by atoms with Gasteiger partial charge < -0.3 is 4.98 Å². The van der Waals surface area contributed by atoms with E-state index in [4.69, 9.17) is 9.59 Å². The van der Waals surface area contributed by atoms with Crippen molar-refractivity contribution in [3.05, 3.63) is 47.8 Å². The van der Waals surface area contributed by atoms with Crippen LogP contribution in [-0.2, 0) is 9.59 Å². The first-order valence-electron chi connectivity index (χ1n) is 6.02. The summed E-state index contributed by atoms with van der Waals surface area (Å²) in [6.07, 6.45) is 2.10. The second-order valence-electron chi connectivity index (χ2n) is 4.38. The molecule has 0 aliphatic heterocycles. The molecule has 1 aromatic carbocycles. The summed E-state index contributed by atoms with van der Waals surface area (Å²) in [5, 5.41) is 0. The quantitative estimate of drug-likeness (QED) is 0.735. The van der Waals surface area contributed by atoms with Crippen LogP contribution in [-0.4, -0.2) is 21.1 Å². The first-order valence-corrected chi connectivity index (χ1v) is 6.02. The molecule has 0 aliphatic rings. The largest absolute Gasteiger partial charge is 0.373 e. The molecule has 0 aliphatic carbocycles. The normalized spacial score (nSPS) is 9.70. The molecule has 20 heavy (non-hydrogen) atoms. The number of fused-ring (bicyclic) bond motifs is 1. The molecule has 0 saturated carbocycles. The summed E-state index contributed by atoms with van der Waals surface area (Å²) in [7, 11) is 0. The zero-order valence-corrected chi connectivity index (χ0v) is 11.2. The number of nitrogens with zero attached hydrogens (tertiary/aromatic N) is 2. The van der Waals surface area contributed by atoms with E-state index in [0.717, 1.165) is 28.1 Å². The van der Waals surface area contributed by atoms with E-state index >= 15 is 0 Å². The van der Waals surface area contributed by atoms with Crippen molar-refractivity contribution < 1.29 is 9.59 Å². The molecule has 2 heterocycles. The predicted octanol–water partition coefficient (Wildman–Crippen LogP) is 2.66.